The Balaban J connectivity index is 2.28. The zero-order chi connectivity index (χ0) is 12.3. The monoisotopic (exact) mass is 236 g/mol. The Morgan fingerprint density at radius 2 is 2.47 bits per heavy atom. The summed E-state index contributed by atoms with van der Waals surface area (Å²) in [6, 6.07) is 3.23. The number of pyridine rings is 1. The Morgan fingerprint density at radius 3 is 3.24 bits per heavy atom. The number of aromatic nitrogens is 1. The number of carbonyl (C=O) groups is 1. The first-order valence-corrected chi connectivity index (χ1v) is 5.73. The number of carboxylic acids is 1. The highest BCUT2D eigenvalue weighted by atomic mass is 16.5. The Morgan fingerprint density at radius 1 is 1.65 bits per heavy atom. The molecule has 2 rings (SSSR count). The summed E-state index contributed by atoms with van der Waals surface area (Å²) in [7, 11) is 0. The summed E-state index contributed by atoms with van der Waals surface area (Å²) in [5, 5.41) is 9.13. The van der Waals surface area contributed by atoms with Crippen LogP contribution in [0.5, 0.6) is 0 Å². The average molecular weight is 236 g/mol. The maximum absolute atomic E-state index is 11.1. The molecule has 1 aromatic rings. The van der Waals surface area contributed by atoms with Gasteiger partial charge in [0.25, 0.3) is 0 Å². The van der Waals surface area contributed by atoms with Crippen molar-refractivity contribution in [3.05, 3.63) is 23.9 Å². The van der Waals surface area contributed by atoms with Gasteiger partial charge in [0, 0.05) is 25.9 Å². The first-order valence-electron chi connectivity index (χ1n) is 5.73. The van der Waals surface area contributed by atoms with Gasteiger partial charge in [-0.3, -0.25) is 0 Å². The van der Waals surface area contributed by atoms with Gasteiger partial charge in [-0.2, -0.15) is 0 Å². The third kappa shape index (κ3) is 2.74. The highest BCUT2D eigenvalue weighted by Gasteiger charge is 2.21. The van der Waals surface area contributed by atoms with Gasteiger partial charge in [0.1, 0.15) is 11.4 Å². The van der Waals surface area contributed by atoms with Gasteiger partial charge < -0.3 is 14.7 Å². The summed E-state index contributed by atoms with van der Waals surface area (Å²) < 4.78 is 5.54. The standard InChI is InChI=1S/C12H16N2O3/c1-9-8-14(6-3-7-17-9)11-10(12(15)16)4-2-5-13-11/h2,4-5,9H,3,6-8H2,1H3,(H,15,16). The Kier molecular flexibility index (Phi) is 3.58. The smallest absolute Gasteiger partial charge is 0.339 e. The second kappa shape index (κ2) is 5.14. The van der Waals surface area contributed by atoms with E-state index in [1.807, 2.05) is 11.8 Å². The number of hydrogen-bond donors (Lipinski definition) is 1. The van der Waals surface area contributed by atoms with Gasteiger partial charge in [-0.05, 0) is 25.5 Å². The molecule has 1 saturated heterocycles. The average Bonchev–Trinajstić information content (AvgIpc) is 2.54. The van der Waals surface area contributed by atoms with Gasteiger partial charge >= 0.3 is 5.97 Å². The highest BCUT2D eigenvalue weighted by molar-refractivity contribution is 5.93. The summed E-state index contributed by atoms with van der Waals surface area (Å²) in [6.07, 6.45) is 2.61. The lowest BCUT2D eigenvalue weighted by molar-refractivity contribution is 0.0695. The fourth-order valence-corrected chi connectivity index (χ4v) is 2.00. The number of rotatable bonds is 2. The topological polar surface area (TPSA) is 62.7 Å². The van der Waals surface area contributed by atoms with Crippen LogP contribution < -0.4 is 4.90 Å². The third-order valence-electron chi connectivity index (χ3n) is 2.77. The van der Waals surface area contributed by atoms with Crippen molar-refractivity contribution in [1.82, 2.24) is 4.98 Å². The van der Waals surface area contributed by atoms with Crippen LogP contribution in [0.15, 0.2) is 18.3 Å². The fourth-order valence-electron chi connectivity index (χ4n) is 2.00. The lowest BCUT2D eigenvalue weighted by Crippen LogP contribution is -2.32. The predicted octanol–water partition coefficient (Wildman–Crippen LogP) is 1.40. The van der Waals surface area contributed by atoms with Crippen molar-refractivity contribution in [2.24, 2.45) is 0 Å². The maximum Gasteiger partial charge on any atom is 0.339 e. The van der Waals surface area contributed by atoms with E-state index in [4.69, 9.17) is 9.84 Å². The molecule has 0 spiro atoms. The van der Waals surface area contributed by atoms with Crippen molar-refractivity contribution in [3.63, 3.8) is 0 Å². The molecule has 5 heteroatoms. The van der Waals surface area contributed by atoms with Crippen LogP contribution >= 0.6 is 0 Å². The molecule has 0 bridgehead atoms. The molecule has 0 amide bonds. The molecule has 5 nitrogen and oxygen atoms in total. The van der Waals surface area contributed by atoms with E-state index in [0.29, 0.717) is 19.0 Å². The molecule has 1 atom stereocenters. The molecule has 2 heterocycles. The zero-order valence-electron chi connectivity index (χ0n) is 9.80. The maximum atomic E-state index is 11.1. The van der Waals surface area contributed by atoms with Crippen LogP contribution in [0.3, 0.4) is 0 Å². The van der Waals surface area contributed by atoms with Crippen LogP contribution in [0, 0.1) is 0 Å². The van der Waals surface area contributed by atoms with Gasteiger partial charge in [0.2, 0.25) is 0 Å². The second-order valence-electron chi connectivity index (χ2n) is 4.16. The molecule has 1 aromatic heterocycles. The van der Waals surface area contributed by atoms with Crippen molar-refractivity contribution in [2.75, 3.05) is 24.6 Å². The van der Waals surface area contributed by atoms with Crippen LogP contribution in [-0.2, 0) is 4.74 Å². The van der Waals surface area contributed by atoms with Gasteiger partial charge in [0.15, 0.2) is 0 Å². The minimum Gasteiger partial charge on any atom is -0.478 e. The van der Waals surface area contributed by atoms with E-state index in [0.717, 1.165) is 13.0 Å². The molecule has 1 aliphatic heterocycles. The number of aromatic carboxylic acids is 1. The molecule has 92 valence electrons. The Bertz CT molecular complexity index is 408. The number of ether oxygens (including phenoxy) is 1. The normalized spacial score (nSPS) is 21.0. The molecule has 0 radical (unpaired) electrons. The van der Waals surface area contributed by atoms with Crippen molar-refractivity contribution >= 4 is 11.8 Å². The van der Waals surface area contributed by atoms with E-state index in [1.165, 1.54) is 0 Å². The highest BCUT2D eigenvalue weighted by Crippen LogP contribution is 2.19. The van der Waals surface area contributed by atoms with Crippen molar-refractivity contribution in [3.8, 4) is 0 Å². The summed E-state index contributed by atoms with van der Waals surface area (Å²) in [6.45, 7) is 4.16. The third-order valence-corrected chi connectivity index (χ3v) is 2.77. The van der Waals surface area contributed by atoms with Gasteiger partial charge in [0.05, 0.1) is 6.10 Å². The first-order chi connectivity index (χ1) is 8.18. The van der Waals surface area contributed by atoms with E-state index in [-0.39, 0.29) is 11.7 Å². The molecule has 0 aliphatic carbocycles. The second-order valence-corrected chi connectivity index (χ2v) is 4.16. The molecule has 17 heavy (non-hydrogen) atoms. The van der Waals surface area contributed by atoms with Crippen molar-refractivity contribution < 1.29 is 14.6 Å². The molecule has 0 saturated carbocycles. The molecule has 1 N–H and O–H groups in total. The lowest BCUT2D eigenvalue weighted by atomic mass is 10.2. The summed E-state index contributed by atoms with van der Waals surface area (Å²) in [5.74, 6) is -0.400. The SMILES string of the molecule is CC1CN(c2ncccc2C(=O)O)CCCO1. The number of carboxylic acid groups (broad SMARTS) is 1. The number of hydrogen-bond acceptors (Lipinski definition) is 4. The molecule has 0 aromatic carbocycles. The molecular formula is C12H16N2O3. The van der Waals surface area contributed by atoms with Crippen LogP contribution in [0.25, 0.3) is 0 Å². The van der Waals surface area contributed by atoms with Gasteiger partial charge in [-0.15, -0.1) is 0 Å². The fraction of sp³-hybridized carbons (Fsp3) is 0.500. The minimum atomic E-state index is -0.939. The molecule has 1 fully saturated rings. The Hall–Kier alpha value is -1.62. The van der Waals surface area contributed by atoms with E-state index in [1.54, 1.807) is 18.3 Å². The van der Waals surface area contributed by atoms with Gasteiger partial charge in [-0.1, -0.05) is 0 Å². The molecular weight excluding hydrogens is 220 g/mol. The van der Waals surface area contributed by atoms with E-state index >= 15 is 0 Å². The van der Waals surface area contributed by atoms with Crippen LogP contribution in [-0.4, -0.2) is 41.9 Å². The summed E-state index contributed by atoms with van der Waals surface area (Å²) in [4.78, 5) is 17.3. The largest absolute Gasteiger partial charge is 0.478 e. The van der Waals surface area contributed by atoms with E-state index < -0.39 is 5.97 Å². The summed E-state index contributed by atoms with van der Waals surface area (Å²) in [5.41, 5.74) is 0.251. The van der Waals surface area contributed by atoms with Crippen LogP contribution in [0.2, 0.25) is 0 Å². The van der Waals surface area contributed by atoms with Gasteiger partial charge in [-0.25, -0.2) is 9.78 Å². The quantitative estimate of drug-likeness (QED) is 0.840. The first kappa shape index (κ1) is 11.9. The predicted molar refractivity (Wildman–Crippen MR) is 63.4 cm³/mol. The van der Waals surface area contributed by atoms with Crippen LogP contribution in [0.1, 0.15) is 23.7 Å². The number of anilines is 1. The van der Waals surface area contributed by atoms with E-state index in [9.17, 15) is 4.79 Å². The Labute approximate surface area is 100 Å². The summed E-state index contributed by atoms with van der Waals surface area (Å²) >= 11 is 0. The van der Waals surface area contributed by atoms with E-state index in [2.05, 4.69) is 4.98 Å². The van der Waals surface area contributed by atoms with Crippen molar-refractivity contribution in [2.45, 2.75) is 19.4 Å². The molecule has 1 unspecified atom stereocenters. The van der Waals surface area contributed by atoms with Crippen molar-refractivity contribution in [1.29, 1.82) is 0 Å². The van der Waals surface area contributed by atoms with Crippen LogP contribution in [0.4, 0.5) is 5.82 Å². The minimum absolute atomic E-state index is 0.0983. The zero-order valence-corrected chi connectivity index (χ0v) is 9.80. The molecule has 1 aliphatic rings. The number of nitrogens with zero attached hydrogens (tertiary/aromatic N) is 2. The lowest BCUT2D eigenvalue weighted by Gasteiger charge is -2.24.